The normalized spacial score (nSPS) is 18.5. The molecule has 0 aliphatic carbocycles. The molecule has 1 aromatic rings. The SMILES string of the molecule is COCCNC(=O)C1Cc2ccccc2CN1. The van der Waals surface area contributed by atoms with E-state index in [1.807, 2.05) is 12.1 Å². The van der Waals surface area contributed by atoms with Gasteiger partial charge in [-0.25, -0.2) is 0 Å². The van der Waals surface area contributed by atoms with Crippen molar-refractivity contribution in [2.75, 3.05) is 20.3 Å². The van der Waals surface area contributed by atoms with Crippen LogP contribution in [-0.2, 0) is 22.5 Å². The molecule has 1 aliphatic heterocycles. The number of carbonyl (C=O) groups is 1. The minimum Gasteiger partial charge on any atom is -0.383 e. The Kier molecular flexibility index (Phi) is 4.12. The number of carbonyl (C=O) groups excluding carboxylic acids is 1. The number of fused-ring (bicyclic) bond motifs is 1. The smallest absolute Gasteiger partial charge is 0.237 e. The van der Waals surface area contributed by atoms with Gasteiger partial charge >= 0.3 is 0 Å². The zero-order valence-corrected chi connectivity index (χ0v) is 10.0. The lowest BCUT2D eigenvalue weighted by Crippen LogP contribution is -2.48. The number of benzene rings is 1. The van der Waals surface area contributed by atoms with Crippen LogP contribution in [0.1, 0.15) is 11.1 Å². The molecular weight excluding hydrogens is 216 g/mol. The Balaban J connectivity index is 1.91. The van der Waals surface area contributed by atoms with Gasteiger partial charge in [0.15, 0.2) is 0 Å². The van der Waals surface area contributed by atoms with E-state index in [1.165, 1.54) is 11.1 Å². The number of methoxy groups -OCH3 is 1. The molecule has 2 rings (SSSR count). The number of hydrogen-bond acceptors (Lipinski definition) is 3. The molecule has 17 heavy (non-hydrogen) atoms. The lowest BCUT2D eigenvalue weighted by Gasteiger charge is -2.25. The van der Waals surface area contributed by atoms with Gasteiger partial charge in [0.05, 0.1) is 12.6 Å². The Hall–Kier alpha value is -1.39. The number of rotatable bonds is 4. The zero-order valence-electron chi connectivity index (χ0n) is 10.0. The van der Waals surface area contributed by atoms with Crippen molar-refractivity contribution in [3.8, 4) is 0 Å². The van der Waals surface area contributed by atoms with Crippen molar-refractivity contribution >= 4 is 5.91 Å². The lowest BCUT2D eigenvalue weighted by molar-refractivity contribution is -0.123. The van der Waals surface area contributed by atoms with E-state index >= 15 is 0 Å². The molecule has 1 aliphatic rings. The van der Waals surface area contributed by atoms with E-state index in [9.17, 15) is 4.79 Å². The maximum atomic E-state index is 11.9. The van der Waals surface area contributed by atoms with Gasteiger partial charge in [0.1, 0.15) is 0 Å². The molecule has 0 aromatic heterocycles. The summed E-state index contributed by atoms with van der Waals surface area (Å²) in [6.07, 6.45) is 0.759. The second kappa shape index (κ2) is 5.80. The van der Waals surface area contributed by atoms with E-state index in [0.717, 1.165) is 13.0 Å². The van der Waals surface area contributed by atoms with Crippen molar-refractivity contribution in [2.45, 2.75) is 19.0 Å². The van der Waals surface area contributed by atoms with E-state index < -0.39 is 0 Å². The van der Waals surface area contributed by atoms with Crippen LogP contribution >= 0.6 is 0 Å². The third-order valence-electron chi connectivity index (χ3n) is 3.00. The Morgan fingerprint density at radius 2 is 2.24 bits per heavy atom. The number of amides is 1. The van der Waals surface area contributed by atoms with E-state index in [-0.39, 0.29) is 11.9 Å². The summed E-state index contributed by atoms with van der Waals surface area (Å²) in [5, 5.41) is 6.11. The van der Waals surface area contributed by atoms with Crippen LogP contribution < -0.4 is 10.6 Å². The molecule has 4 heteroatoms. The average Bonchev–Trinajstić information content (AvgIpc) is 2.38. The topological polar surface area (TPSA) is 50.4 Å². The highest BCUT2D eigenvalue weighted by molar-refractivity contribution is 5.82. The molecule has 1 atom stereocenters. The minimum atomic E-state index is -0.123. The first-order valence-corrected chi connectivity index (χ1v) is 5.88. The van der Waals surface area contributed by atoms with Gasteiger partial charge in [0, 0.05) is 20.2 Å². The van der Waals surface area contributed by atoms with Crippen LogP contribution in [0.5, 0.6) is 0 Å². The summed E-state index contributed by atoms with van der Waals surface area (Å²) in [7, 11) is 1.63. The largest absolute Gasteiger partial charge is 0.383 e. The van der Waals surface area contributed by atoms with Crippen molar-refractivity contribution in [3.63, 3.8) is 0 Å². The Bertz CT molecular complexity index is 393. The maximum Gasteiger partial charge on any atom is 0.237 e. The molecule has 1 heterocycles. The third-order valence-corrected chi connectivity index (χ3v) is 3.00. The monoisotopic (exact) mass is 234 g/mol. The Morgan fingerprint density at radius 1 is 1.47 bits per heavy atom. The van der Waals surface area contributed by atoms with E-state index in [2.05, 4.69) is 22.8 Å². The molecule has 1 unspecified atom stereocenters. The van der Waals surface area contributed by atoms with Gasteiger partial charge < -0.3 is 15.4 Å². The molecule has 0 fully saturated rings. The first-order chi connectivity index (χ1) is 8.31. The molecule has 0 spiro atoms. The number of ether oxygens (including phenoxy) is 1. The summed E-state index contributed by atoms with van der Waals surface area (Å²) >= 11 is 0. The average molecular weight is 234 g/mol. The predicted molar refractivity (Wildman–Crippen MR) is 65.7 cm³/mol. The minimum absolute atomic E-state index is 0.0524. The molecule has 0 radical (unpaired) electrons. The standard InChI is InChI=1S/C13H18N2O2/c1-17-7-6-14-13(16)12-8-10-4-2-3-5-11(10)9-15-12/h2-5,12,15H,6-9H2,1H3,(H,14,16). The Morgan fingerprint density at radius 3 is 3.00 bits per heavy atom. The second-order valence-electron chi connectivity index (χ2n) is 4.19. The third kappa shape index (κ3) is 3.05. The molecule has 0 bridgehead atoms. The van der Waals surface area contributed by atoms with Gasteiger partial charge in [-0.1, -0.05) is 24.3 Å². The van der Waals surface area contributed by atoms with E-state index in [1.54, 1.807) is 7.11 Å². The molecule has 1 aromatic carbocycles. The van der Waals surface area contributed by atoms with Crippen molar-refractivity contribution in [2.24, 2.45) is 0 Å². The summed E-state index contributed by atoms with van der Waals surface area (Å²) in [6, 6.07) is 8.11. The number of nitrogens with one attached hydrogen (secondary N) is 2. The molecule has 0 saturated carbocycles. The van der Waals surface area contributed by atoms with Crippen LogP contribution in [0.3, 0.4) is 0 Å². The maximum absolute atomic E-state index is 11.9. The highest BCUT2D eigenvalue weighted by Crippen LogP contribution is 2.16. The van der Waals surface area contributed by atoms with Crippen LogP contribution in [0, 0.1) is 0 Å². The molecular formula is C13H18N2O2. The highest BCUT2D eigenvalue weighted by atomic mass is 16.5. The predicted octanol–water partition coefficient (Wildman–Crippen LogP) is 0.463. The summed E-state index contributed by atoms with van der Waals surface area (Å²) in [6.45, 7) is 1.88. The highest BCUT2D eigenvalue weighted by Gasteiger charge is 2.23. The van der Waals surface area contributed by atoms with Crippen LogP contribution in [-0.4, -0.2) is 32.2 Å². The first kappa shape index (κ1) is 12.1. The van der Waals surface area contributed by atoms with Gasteiger partial charge in [0.25, 0.3) is 0 Å². The molecule has 0 saturated heterocycles. The van der Waals surface area contributed by atoms with Crippen LogP contribution in [0.15, 0.2) is 24.3 Å². The van der Waals surface area contributed by atoms with Crippen LogP contribution in [0.25, 0.3) is 0 Å². The van der Waals surface area contributed by atoms with Crippen LogP contribution in [0.2, 0.25) is 0 Å². The summed E-state index contributed by atoms with van der Waals surface area (Å²) in [5.41, 5.74) is 2.55. The fourth-order valence-corrected chi connectivity index (χ4v) is 2.04. The second-order valence-corrected chi connectivity index (χ2v) is 4.19. The van der Waals surface area contributed by atoms with Crippen LogP contribution in [0.4, 0.5) is 0 Å². The summed E-state index contributed by atoms with van der Waals surface area (Å²) < 4.78 is 4.90. The van der Waals surface area contributed by atoms with Gasteiger partial charge in [-0.3, -0.25) is 4.79 Å². The van der Waals surface area contributed by atoms with Gasteiger partial charge in [-0.2, -0.15) is 0 Å². The fourth-order valence-electron chi connectivity index (χ4n) is 2.04. The summed E-state index contributed by atoms with van der Waals surface area (Å²) in [4.78, 5) is 11.9. The quantitative estimate of drug-likeness (QED) is 0.744. The van der Waals surface area contributed by atoms with E-state index in [4.69, 9.17) is 4.74 Å². The lowest BCUT2D eigenvalue weighted by atomic mass is 9.95. The first-order valence-electron chi connectivity index (χ1n) is 5.88. The van der Waals surface area contributed by atoms with E-state index in [0.29, 0.717) is 13.2 Å². The van der Waals surface area contributed by atoms with Crippen molar-refractivity contribution in [3.05, 3.63) is 35.4 Å². The summed E-state index contributed by atoms with van der Waals surface area (Å²) in [5.74, 6) is 0.0524. The van der Waals surface area contributed by atoms with Gasteiger partial charge in [-0.15, -0.1) is 0 Å². The molecule has 4 nitrogen and oxygen atoms in total. The molecule has 2 N–H and O–H groups in total. The molecule has 1 amide bonds. The fraction of sp³-hybridized carbons (Fsp3) is 0.462. The van der Waals surface area contributed by atoms with Crippen molar-refractivity contribution in [1.29, 1.82) is 0 Å². The van der Waals surface area contributed by atoms with Gasteiger partial charge in [0.2, 0.25) is 5.91 Å². The van der Waals surface area contributed by atoms with Gasteiger partial charge in [-0.05, 0) is 17.5 Å². The van der Waals surface area contributed by atoms with Crippen molar-refractivity contribution < 1.29 is 9.53 Å². The number of hydrogen-bond donors (Lipinski definition) is 2. The molecule has 92 valence electrons. The van der Waals surface area contributed by atoms with Crippen molar-refractivity contribution in [1.82, 2.24) is 10.6 Å². The Labute approximate surface area is 101 Å². The zero-order chi connectivity index (χ0) is 12.1.